The number of halogens is 2. The number of nitrogens with zero attached hydrogens (tertiary/aromatic N) is 4. The molecule has 0 saturated carbocycles. The van der Waals surface area contributed by atoms with Crippen LogP contribution in [0.25, 0.3) is 44.4 Å². The van der Waals surface area contributed by atoms with Crippen LogP contribution >= 0.6 is 0 Å². The number of aromatic nitrogens is 3. The number of rotatable bonds is 9. The fraction of sp³-hybridized carbons (Fsp3) is 0.383. The van der Waals surface area contributed by atoms with Gasteiger partial charge in [0, 0.05) is 52.8 Å². The van der Waals surface area contributed by atoms with Crippen molar-refractivity contribution in [2.24, 2.45) is 16.8 Å². The highest BCUT2D eigenvalue weighted by Crippen LogP contribution is 2.53. The van der Waals surface area contributed by atoms with Gasteiger partial charge in [-0.2, -0.15) is 13.8 Å². The standard InChI is InChI=1S/C47H49F2N7O7/c1-24(2)40(53-45(60)62-5)43(58)55-17-7-9-37(55)35-22-39(57)31-16-12-27(21-34(31)51-35)26-11-14-29-30-15-13-28(20-33(30)47(48,49)32(29)19-26)36-23-50-42(52-36)38-10-8-18-56(38)44(59)41(25(3)4)54-46(61)63-6/h11-16,19-25,37-38,40H,7-10,17-18H2,1-6H3,(H,50,52)(H,51,57)(H,53,60)/t37?,38-,40-/m0/s1. The number of methoxy groups -OCH3 is 2. The Morgan fingerprint density at radius 1 is 0.825 bits per heavy atom. The Balaban J connectivity index is 1.05. The average Bonchev–Trinajstić information content (AvgIpc) is 4.10. The lowest BCUT2D eigenvalue weighted by atomic mass is 9.97. The highest BCUT2D eigenvalue weighted by atomic mass is 19.3. The molecule has 3 N–H and O–H groups in total. The number of ether oxygens (including phenoxy) is 2. The zero-order chi connectivity index (χ0) is 44.9. The van der Waals surface area contributed by atoms with Crippen LogP contribution in [0.15, 0.2) is 76.6 Å². The maximum Gasteiger partial charge on any atom is 0.433 e. The molecule has 8 rings (SSSR count). The molecule has 0 spiro atoms. The van der Waals surface area contributed by atoms with Crippen molar-refractivity contribution in [3.63, 3.8) is 0 Å². The summed E-state index contributed by atoms with van der Waals surface area (Å²) < 4.78 is 42.6. The zero-order valence-corrected chi connectivity index (χ0v) is 35.9. The molecule has 1 unspecified atom stereocenters. The fourth-order valence-electron chi connectivity index (χ4n) is 9.10. The first-order valence-corrected chi connectivity index (χ1v) is 21.1. The molecule has 2 aromatic heterocycles. The second kappa shape index (κ2) is 16.9. The van der Waals surface area contributed by atoms with Crippen molar-refractivity contribution in [1.29, 1.82) is 0 Å². The van der Waals surface area contributed by atoms with Crippen molar-refractivity contribution in [3.05, 3.63) is 99.7 Å². The van der Waals surface area contributed by atoms with Crippen LogP contribution in [0, 0.1) is 11.8 Å². The van der Waals surface area contributed by atoms with Crippen LogP contribution < -0.4 is 10.7 Å². The van der Waals surface area contributed by atoms with Crippen molar-refractivity contribution in [3.8, 4) is 33.5 Å². The molecule has 3 aliphatic rings. The second-order valence-corrected chi connectivity index (χ2v) is 17.0. The molecule has 0 bridgehead atoms. The number of aromatic amines is 2. The molecule has 2 saturated heterocycles. The summed E-state index contributed by atoms with van der Waals surface area (Å²) in [7, 11) is 2.44. The molecule has 63 heavy (non-hydrogen) atoms. The molecule has 3 aromatic carbocycles. The summed E-state index contributed by atoms with van der Waals surface area (Å²) in [6.07, 6.45) is 2.65. The lowest BCUT2D eigenvalue weighted by Crippen LogP contribution is -2.51. The predicted octanol–water partition coefficient (Wildman–Crippen LogP) is 8.28. The van der Waals surface area contributed by atoms with Crippen LogP contribution in [-0.4, -0.2) is 87.8 Å². The van der Waals surface area contributed by atoms with E-state index in [1.54, 1.807) is 72.3 Å². The first-order valence-electron chi connectivity index (χ1n) is 21.1. The number of alkyl carbamates (subject to hydrolysis) is 1. The second-order valence-electron chi connectivity index (χ2n) is 17.0. The Morgan fingerprint density at radius 2 is 1.46 bits per heavy atom. The SMILES string of the molecule is COC(=O)N=C(C(=O)N1CCC[C@H]1c1ncc(-c2ccc3c(c2)C(F)(F)c2cc(-c4ccc5c(=O)cc(C6CCCN6C(=O)[C@@H](NC(=O)OC)C(C)C)[nH]c5c4)ccc2-3)[nH]1)C(C)C. The van der Waals surface area contributed by atoms with Crippen LogP contribution in [0.1, 0.15) is 88.1 Å². The van der Waals surface area contributed by atoms with Gasteiger partial charge < -0.3 is 34.6 Å². The molecular weight excluding hydrogens is 813 g/mol. The summed E-state index contributed by atoms with van der Waals surface area (Å²) in [6.45, 7) is 8.10. The van der Waals surface area contributed by atoms with Gasteiger partial charge in [-0.1, -0.05) is 58.0 Å². The van der Waals surface area contributed by atoms with E-state index in [4.69, 9.17) is 4.74 Å². The van der Waals surface area contributed by atoms with Crippen LogP contribution in [0.3, 0.4) is 0 Å². The molecule has 2 fully saturated rings. The molecule has 16 heteroatoms. The number of carbonyl (C=O) groups excluding carboxylic acids is 4. The molecule has 3 atom stereocenters. The van der Waals surface area contributed by atoms with E-state index in [1.165, 1.54) is 32.4 Å². The topological polar surface area (TPSA) is 179 Å². The van der Waals surface area contributed by atoms with Gasteiger partial charge in [0.15, 0.2) is 5.43 Å². The van der Waals surface area contributed by atoms with E-state index in [0.717, 1.165) is 0 Å². The minimum atomic E-state index is -3.34. The quantitative estimate of drug-likeness (QED) is 0.124. The maximum absolute atomic E-state index is 16.6. The average molecular weight is 862 g/mol. The zero-order valence-electron chi connectivity index (χ0n) is 35.9. The number of imidazole rings is 1. The largest absolute Gasteiger partial charge is 0.453 e. The van der Waals surface area contributed by atoms with E-state index in [2.05, 4.69) is 30.0 Å². The van der Waals surface area contributed by atoms with Crippen molar-refractivity contribution in [1.82, 2.24) is 30.1 Å². The summed E-state index contributed by atoms with van der Waals surface area (Å²) in [6, 6.07) is 14.9. The highest BCUT2D eigenvalue weighted by molar-refractivity contribution is 6.40. The molecule has 328 valence electrons. The molecular formula is C47H49F2N7O7. The van der Waals surface area contributed by atoms with Gasteiger partial charge in [-0.3, -0.25) is 14.4 Å². The Morgan fingerprint density at radius 3 is 2.13 bits per heavy atom. The van der Waals surface area contributed by atoms with Crippen LogP contribution in [0.5, 0.6) is 0 Å². The van der Waals surface area contributed by atoms with Crippen molar-refractivity contribution < 1.29 is 37.4 Å². The van der Waals surface area contributed by atoms with Crippen LogP contribution in [0.4, 0.5) is 18.4 Å². The monoisotopic (exact) mass is 861 g/mol. The Labute approximate surface area is 362 Å². The van der Waals surface area contributed by atoms with Crippen molar-refractivity contribution in [2.45, 2.75) is 77.4 Å². The molecule has 0 radical (unpaired) electrons. The number of carbonyl (C=O) groups is 4. The number of hydrogen-bond acceptors (Lipinski definition) is 8. The van der Waals surface area contributed by atoms with Gasteiger partial charge in [0.1, 0.15) is 17.6 Å². The first-order chi connectivity index (χ1) is 30.1. The fourth-order valence-corrected chi connectivity index (χ4v) is 9.10. The third kappa shape index (κ3) is 7.87. The van der Waals surface area contributed by atoms with Gasteiger partial charge >= 0.3 is 12.2 Å². The predicted molar refractivity (Wildman–Crippen MR) is 232 cm³/mol. The number of aliphatic imine (C=N–C) groups is 1. The Kier molecular flexibility index (Phi) is 11.5. The summed E-state index contributed by atoms with van der Waals surface area (Å²) in [5, 5.41) is 3.06. The maximum atomic E-state index is 16.6. The number of hydrogen-bond donors (Lipinski definition) is 3. The van der Waals surface area contributed by atoms with Crippen molar-refractivity contribution in [2.75, 3.05) is 27.3 Å². The number of likely N-dealkylation sites (tertiary alicyclic amines) is 2. The molecule has 1 aliphatic carbocycles. The third-order valence-electron chi connectivity index (χ3n) is 12.4. The number of alkyl halides is 2. The van der Waals surface area contributed by atoms with Gasteiger partial charge in [0.2, 0.25) is 5.91 Å². The molecule has 4 amide bonds. The van der Waals surface area contributed by atoms with Crippen molar-refractivity contribution >= 4 is 40.6 Å². The van der Waals surface area contributed by atoms with E-state index in [0.29, 0.717) is 94.7 Å². The summed E-state index contributed by atoms with van der Waals surface area (Å²) in [5.74, 6) is -4.05. The van der Waals surface area contributed by atoms with E-state index in [1.807, 2.05) is 13.8 Å². The summed E-state index contributed by atoms with van der Waals surface area (Å²) >= 11 is 0. The normalized spacial score (nSPS) is 18.5. The summed E-state index contributed by atoms with van der Waals surface area (Å²) in [5.41, 5.74) is 3.59. The number of H-pyrrole nitrogens is 2. The molecule has 2 aliphatic heterocycles. The summed E-state index contributed by atoms with van der Waals surface area (Å²) in [4.78, 5) is 83.2. The van der Waals surface area contributed by atoms with Gasteiger partial charge in [0.05, 0.1) is 43.7 Å². The van der Waals surface area contributed by atoms with E-state index in [9.17, 15) is 24.0 Å². The van der Waals surface area contributed by atoms with Gasteiger partial charge in [-0.15, -0.1) is 0 Å². The number of pyridine rings is 1. The van der Waals surface area contributed by atoms with Gasteiger partial charge in [-0.25, -0.2) is 14.6 Å². The first kappa shape index (κ1) is 43.0. The smallest absolute Gasteiger partial charge is 0.433 e. The van der Waals surface area contributed by atoms with E-state index in [-0.39, 0.29) is 45.9 Å². The Bertz CT molecular complexity index is 2740. The molecule has 14 nitrogen and oxygen atoms in total. The van der Waals surface area contributed by atoms with E-state index < -0.39 is 36.2 Å². The minimum Gasteiger partial charge on any atom is -0.453 e. The van der Waals surface area contributed by atoms with Gasteiger partial charge in [0.25, 0.3) is 11.8 Å². The number of fused-ring (bicyclic) bond motifs is 4. The molecule has 5 aromatic rings. The van der Waals surface area contributed by atoms with Gasteiger partial charge in [-0.05, 0) is 78.1 Å². The highest BCUT2D eigenvalue weighted by Gasteiger charge is 2.45. The molecule has 4 heterocycles. The lowest BCUT2D eigenvalue weighted by Gasteiger charge is -2.31. The van der Waals surface area contributed by atoms with E-state index >= 15 is 8.78 Å². The number of amides is 4. The minimum absolute atomic E-state index is 0.0858. The van der Waals surface area contributed by atoms with Crippen LogP contribution in [0.2, 0.25) is 0 Å². The number of nitrogens with one attached hydrogen (secondary N) is 3. The Hall–Kier alpha value is -6.71. The third-order valence-corrected chi connectivity index (χ3v) is 12.4. The number of benzene rings is 3. The van der Waals surface area contributed by atoms with Crippen LogP contribution in [-0.2, 0) is 25.0 Å². The lowest BCUT2D eigenvalue weighted by molar-refractivity contribution is -0.135.